The van der Waals surface area contributed by atoms with Crippen molar-refractivity contribution in [3.63, 3.8) is 0 Å². The maximum Gasteiger partial charge on any atom is 0.0850 e. The van der Waals surface area contributed by atoms with Crippen LogP contribution in [0.4, 0.5) is 0 Å². The number of halogens is 2. The minimum absolute atomic E-state index is 0.164. The topological polar surface area (TPSA) is 0 Å². The van der Waals surface area contributed by atoms with E-state index < -0.39 is 0 Å². The highest BCUT2D eigenvalue weighted by molar-refractivity contribution is 6.32. The molecular weight excluding hydrogens is 443 g/mol. The third kappa shape index (κ3) is 3.37. The molecule has 160 valence electrons. The summed E-state index contributed by atoms with van der Waals surface area (Å²) >= 11 is 14.2. The van der Waals surface area contributed by atoms with Gasteiger partial charge in [0.05, 0.1) is 10.8 Å². The lowest BCUT2D eigenvalue weighted by molar-refractivity contribution is 1.26. The van der Waals surface area contributed by atoms with Crippen molar-refractivity contribution in [2.45, 2.75) is 17.2 Å². The lowest BCUT2D eigenvalue weighted by Gasteiger charge is -2.15. The van der Waals surface area contributed by atoms with E-state index in [-0.39, 0.29) is 10.8 Å². The molecule has 4 aromatic rings. The Kier molecular flexibility index (Phi) is 5.21. The molecule has 0 saturated carbocycles. The number of allylic oxidation sites excluding steroid dienone is 4. The quantitative estimate of drug-likeness (QED) is 0.264. The van der Waals surface area contributed by atoms with Crippen molar-refractivity contribution < 1.29 is 0 Å². The number of rotatable bonds is 4. The van der Waals surface area contributed by atoms with Gasteiger partial charge >= 0.3 is 0 Å². The third-order valence-electron chi connectivity index (χ3n) is 6.80. The van der Waals surface area contributed by atoms with Crippen LogP contribution < -0.4 is 0 Å². The molecule has 4 aromatic carbocycles. The molecule has 0 N–H and O–H groups in total. The molecule has 2 heteroatoms. The van der Waals surface area contributed by atoms with E-state index in [0.717, 1.165) is 6.42 Å². The van der Waals surface area contributed by atoms with Gasteiger partial charge in [-0.2, -0.15) is 0 Å². The van der Waals surface area contributed by atoms with Crippen molar-refractivity contribution in [2.24, 2.45) is 0 Å². The summed E-state index contributed by atoms with van der Waals surface area (Å²) < 4.78 is 0. The van der Waals surface area contributed by atoms with Crippen LogP contribution in [0.2, 0.25) is 0 Å². The van der Waals surface area contributed by atoms with E-state index in [2.05, 4.69) is 109 Å². The summed E-state index contributed by atoms with van der Waals surface area (Å²) in [5, 5.41) is -0.328. The highest BCUT2D eigenvalue weighted by atomic mass is 35.5. The fourth-order valence-corrected chi connectivity index (χ4v) is 6.22. The molecule has 2 unspecified atom stereocenters. The predicted molar refractivity (Wildman–Crippen MR) is 141 cm³/mol. The molecule has 6 rings (SSSR count). The van der Waals surface area contributed by atoms with Gasteiger partial charge in [-0.3, -0.25) is 0 Å². The van der Waals surface area contributed by atoms with Crippen molar-refractivity contribution in [1.82, 2.24) is 0 Å². The van der Waals surface area contributed by atoms with Gasteiger partial charge in [0.1, 0.15) is 0 Å². The normalized spacial score (nSPS) is 19.1. The third-order valence-corrected chi connectivity index (χ3v) is 7.70. The van der Waals surface area contributed by atoms with Gasteiger partial charge in [0.2, 0.25) is 0 Å². The molecule has 0 bridgehead atoms. The zero-order chi connectivity index (χ0) is 22.4. The van der Waals surface area contributed by atoms with E-state index in [1.54, 1.807) is 0 Å². The van der Waals surface area contributed by atoms with E-state index >= 15 is 0 Å². The summed E-state index contributed by atoms with van der Waals surface area (Å²) in [5.41, 5.74) is 12.2. The van der Waals surface area contributed by atoms with Gasteiger partial charge in [0.25, 0.3) is 0 Å². The smallest absolute Gasteiger partial charge is 0.0850 e. The van der Waals surface area contributed by atoms with E-state index in [1.807, 2.05) is 0 Å². The first kappa shape index (κ1) is 20.5. The Labute approximate surface area is 204 Å². The van der Waals surface area contributed by atoms with Crippen LogP contribution >= 0.6 is 23.2 Å². The van der Waals surface area contributed by atoms with Gasteiger partial charge in [-0.05, 0) is 62.1 Å². The summed E-state index contributed by atoms with van der Waals surface area (Å²) in [4.78, 5) is 0. The van der Waals surface area contributed by atoms with E-state index in [9.17, 15) is 0 Å². The van der Waals surface area contributed by atoms with Crippen LogP contribution in [-0.2, 0) is 0 Å². The molecule has 0 saturated heterocycles. The number of hydrogen-bond donors (Lipinski definition) is 0. The van der Waals surface area contributed by atoms with Crippen LogP contribution in [0.25, 0.3) is 22.3 Å². The Hall–Kier alpha value is -3.06. The molecule has 0 radical (unpaired) electrons. The summed E-state index contributed by atoms with van der Waals surface area (Å²) in [5.74, 6) is 0. The van der Waals surface area contributed by atoms with Crippen molar-refractivity contribution in [3.8, 4) is 0 Å². The fraction of sp³-hybridized carbons (Fsp3) is 0.0968. The second-order valence-corrected chi connectivity index (χ2v) is 9.47. The first-order chi connectivity index (χ1) is 16.2. The first-order valence-corrected chi connectivity index (χ1v) is 12.1. The highest BCUT2D eigenvalue weighted by Crippen LogP contribution is 2.56. The van der Waals surface area contributed by atoms with Crippen LogP contribution in [0.3, 0.4) is 0 Å². The second-order valence-electron chi connectivity index (χ2n) is 8.59. The van der Waals surface area contributed by atoms with E-state index in [4.69, 9.17) is 23.2 Å². The van der Waals surface area contributed by atoms with Gasteiger partial charge in [-0.25, -0.2) is 0 Å². The molecular formula is C31H22Cl2. The standard InChI is InChI=1S/C31H22Cl2/c32-30-24-17-9-7-15-22(24)26(28(30)20-11-3-1-4-12-20)19-27-23-16-8-10-18-25(23)31(33)29(27)21-13-5-2-6-14-21/h1-18,30-31H,19H2. The first-order valence-electron chi connectivity index (χ1n) is 11.3. The molecule has 2 aliphatic rings. The van der Waals surface area contributed by atoms with Gasteiger partial charge in [0, 0.05) is 0 Å². The summed E-state index contributed by atoms with van der Waals surface area (Å²) in [6.45, 7) is 0. The Morgan fingerprint density at radius 2 is 0.818 bits per heavy atom. The minimum Gasteiger partial charge on any atom is -0.113 e. The summed E-state index contributed by atoms with van der Waals surface area (Å²) in [7, 11) is 0. The van der Waals surface area contributed by atoms with Gasteiger partial charge in [-0.15, -0.1) is 23.2 Å². The zero-order valence-corrected chi connectivity index (χ0v) is 19.5. The molecule has 0 heterocycles. The molecule has 0 aliphatic heterocycles. The van der Waals surface area contributed by atoms with Gasteiger partial charge in [-0.1, -0.05) is 109 Å². The molecule has 33 heavy (non-hydrogen) atoms. The van der Waals surface area contributed by atoms with E-state index in [0.29, 0.717) is 0 Å². The van der Waals surface area contributed by atoms with Crippen molar-refractivity contribution in [1.29, 1.82) is 0 Å². The predicted octanol–water partition coefficient (Wildman–Crippen LogP) is 9.19. The van der Waals surface area contributed by atoms with Crippen LogP contribution in [0.15, 0.2) is 109 Å². The Morgan fingerprint density at radius 1 is 0.455 bits per heavy atom. The minimum atomic E-state index is -0.164. The van der Waals surface area contributed by atoms with Crippen LogP contribution in [0.1, 0.15) is 50.6 Å². The number of alkyl halides is 2. The van der Waals surface area contributed by atoms with Gasteiger partial charge in [0.15, 0.2) is 0 Å². The maximum absolute atomic E-state index is 7.11. The lowest BCUT2D eigenvalue weighted by Crippen LogP contribution is -1.93. The fourth-order valence-electron chi connectivity index (χ4n) is 5.33. The number of hydrogen-bond acceptors (Lipinski definition) is 0. The Bertz CT molecular complexity index is 1290. The van der Waals surface area contributed by atoms with Crippen LogP contribution in [0.5, 0.6) is 0 Å². The zero-order valence-electron chi connectivity index (χ0n) is 18.0. The molecule has 0 aromatic heterocycles. The van der Waals surface area contributed by atoms with Crippen LogP contribution in [-0.4, -0.2) is 0 Å². The van der Waals surface area contributed by atoms with Crippen molar-refractivity contribution in [2.75, 3.05) is 0 Å². The van der Waals surface area contributed by atoms with Crippen molar-refractivity contribution >= 4 is 45.5 Å². The molecule has 2 aliphatic carbocycles. The number of fused-ring (bicyclic) bond motifs is 2. The SMILES string of the molecule is ClC1C(c2ccccc2)=C(CC2=C(c3ccccc3)C(Cl)c3ccccc32)c2ccccc21. The highest BCUT2D eigenvalue weighted by Gasteiger charge is 2.35. The van der Waals surface area contributed by atoms with E-state index in [1.165, 1.54) is 55.7 Å². The monoisotopic (exact) mass is 464 g/mol. The summed E-state index contributed by atoms with van der Waals surface area (Å²) in [6.07, 6.45) is 0.787. The molecule has 0 spiro atoms. The molecule has 0 fully saturated rings. The Morgan fingerprint density at radius 3 is 1.24 bits per heavy atom. The molecule has 0 amide bonds. The average Bonchev–Trinajstić information content (AvgIpc) is 3.32. The van der Waals surface area contributed by atoms with Crippen LogP contribution in [0, 0.1) is 0 Å². The molecule has 0 nitrogen and oxygen atoms in total. The Balaban J connectivity index is 1.59. The number of benzene rings is 4. The maximum atomic E-state index is 7.11. The van der Waals surface area contributed by atoms with Crippen molar-refractivity contribution in [3.05, 3.63) is 143 Å². The molecule has 2 atom stereocenters. The van der Waals surface area contributed by atoms with Gasteiger partial charge < -0.3 is 0 Å². The lowest BCUT2D eigenvalue weighted by atomic mass is 9.90. The average molecular weight is 465 g/mol. The summed E-state index contributed by atoms with van der Waals surface area (Å²) in [6, 6.07) is 38.2. The second kappa shape index (κ2) is 8.37. The largest absolute Gasteiger partial charge is 0.113 e.